The number of anilines is 1. The lowest BCUT2D eigenvalue weighted by Gasteiger charge is -2.30. The van der Waals surface area contributed by atoms with E-state index in [1.165, 1.54) is 4.90 Å². The summed E-state index contributed by atoms with van der Waals surface area (Å²) in [6, 6.07) is 7.38. The van der Waals surface area contributed by atoms with Crippen molar-refractivity contribution in [3.8, 4) is 0 Å². The zero-order chi connectivity index (χ0) is 13.8. The fraction of sp³-hybridized carbons (Fsp3) is 0.429. The summed E-state index contributed by atoms with van der Waals surface area (Å²) in [7, 11) is 1.55. The molecule has 1 aliphatic heterocycles. The molecule has 0 aliphatic carbocycles. The van der Waals surface area contributed by atoms with E-state index in [0.717, 1.165) is 5.56 Å². The molecule has 1 aromatic carbocycles. The second kappa shape index (κ2) is 5.84. The quantitative estimate of drug-likeness (QED) is 0.652. The highest BCUT2D eigenvalue weighted by Crippen LogP contribution is 2.30. The fourth-order valence-electron chi connectivity index (χ4n) is 2.33. The Morgan fingerprint density at radius 1 is 1.32 bits per heavy atom. The van der Waals surface area contributed by atoms with Crippen molar-refractivity contribution in [1.29, 1.82) is 0 Å². The molecule has 0 aromatic heterocycles. The van der Waals surface area contributed by atoms with Crippen molar-refractivity contribution in [2.45, 2.75) is 18.8 Å². The van der Waals surface area contributed by atoms with Crippen molar-refractivity contribution in [3.05, 3.63) is 29.8 Å². The number of carbonyl (C=O) groups is 2. The molecule has 1 fully saturated rings. The molecule has 1 heterocycles. The van der Waals surface area contributed by atoms with Gasteiger partial charge in [-0.15, -0.1) is 0 Å². The van der Waals surface area contributed by atoms with Crippen LogP contribution in [0.5, 0.6) is 0 Å². The summed E-state index contributed by atoms with van der Waals surface area (Å²) in [6.45, 7) is 0.707. The number of likely N-dealkylation sites (tertiary alicyclic amines) is 1. The molecular weight excluding hydrogens is 244 g/mol. The van der Waals surface area contributed by atoms with E-state index in [0.29, 0.717) is 31.7 Å². The Morgan fingerprint density at radius 3 is 2.58 bits per heavy atom. The highest BCUT2D eigenvalue weighted by Gasteiger charge is 2.32. The molecule has 102 valence electrons. The molecule has 5 nitrogen and oxygen atoms in total. The van der Waals surface area contributed by atoms with Gasteiger partial charge in [0.1, 0.15) is 0 Å². The Kier molecular flexibility index (Phi) is 4.16. The van der Waals surface area contributed by atoms with Gasteiger partial charge in [-0.2, -0.15) is 0 Å². The van der Waals surface area contributed by atoms with Gasteiger partial charge in [0.15, 0.2) is 0 Å². The molecule has 5 heteroatoms. The summed E-state index contributed by atoms with van der Waals surface area (Å²) >= 11 is 0. The molecule has 0 radical (unpaired) electrons. The molecule has 19 heavy (non-hydrogen) atoms. The molecule has 0 saturated carbocycles. The highest BCUT2D eigenvalue weighted by atomic mass is 16.5. The number of imide groups is 1. The lowest BCUT2D eigenvalue weighted by atomic mass is 9.88. The van der Waals surface area contributed by atoms with Crippen LogP contribution in [0.2, 0.25) is 0 Å². The maximum Gasteiger partial charge on any atom is 0.229 e. The van der Waals surface area contributed by atoms with Gasteiger partial charge < -0.3 is 10.5 Å². The van der Waals surface area contributed by atoms with E-state index in [1.54, 1.807) is 13.2 Å². The fourth-order valence-corrected chi connectivity index (χ4v) is 2.33. The third kappa shape index (κ3) is 3.12. The number of benzene rings is 1. The van der Waals surface area contributed by atoms with Gasteiger partial charge in [-0.25, -0.2) is 0 Å². The summed E-state index contributed by atoms with van der Waals surface area (Å²) in [6.07, 6.45) is 0.692. The third-order valence-corrected chi connectivity index (χ3v) is 3.35. The van der Waals surface area contributed by atoms with Crippen LogP contribution in [0.1, 0.15) is 24.3 Å². The van der Waals surface area contributed by atoms with Gasteiger partial charge in [-0.1, -0.05) is 12.1 Å². The minimum Gasteiger partial charge on any atom is -0.399 e. The first-order valence-corrected chi connectivity index (χ1v) is 6.29. The van der Waals surface area contributed by atoms with Gasteiger partial charge in [0.2, 0.25) is 11.8 Å². The van der Waals surface area contributed by atoms with Crippen LogP contribution in [0, 0.1) is 0 Å². The summed E-state index contributed by atoms with van der Waals surface area (Å²) < 4.78 is 4.91. The first kappa shape index (κ1) is 13.5. The number of nitrogens with two attached hydrogens (primary N) is 1. The Morgan fingerprint density at radius 2 is 2.00 bits per heavy atom. The number of nitrogen functional groups attached to an aromatic ring is 1. The third-order valence-electron chi connectivity index (χ3n) is 3.35. The van der Waals surface area contributed by atoms with Crippen LogP contribution in [0.4, 0.5) is 5.69 Å². The Bertz CT molecular complexity index is 469. The summed E-state index contributed by atoms with van der Waals surface area (Å²) in [5.74, 6) is -0.344. The molecule has 0 spiro atoms. The van der Waals surface area contributed by atoms with E-state index in [4.69, 9.17) is 10.5 Å². The van der Waals surface area contributed by atoms with Crippen molar-refractivity contribution in [2.24, 2.45) is 0 Å². The topological polar surface area (TPSA) is 72.6 Å². The zero-order valence-electron chi connectivity index (χ0n) is 11.0. The number of carbonyl (C=O) groups excluding carboxylic acids is 2. The van der Waals surface area contributed by atoms with Crippen molar-refractivity contribution in [3.63, 3.8) is 0 Å². The molecule has 2 N–H and O–H groups in total. The zero-order valence-corrected chi connectivity index (χ0v) is 11.0. The molecule has 0 bridgehead atoms. The number of nitrogens with zero attached hydrogens (tertiary/aromatic N) is 1. The van der Waals surface area contributed by atoms with Gasteiger partial charge in [-0.05, 0) is 17.7 Å². The van der Waals surface area contributed by atoms with Gasteiger partial charge in [0.05, 0.1) is 13.2 Å². The van der Waals surface area contributed by atoms with E-state index in [9.17, 15) is 9.59 Å². The first-order chi connectivity index (χ1) is 9.11. The normalized spacial score (nSPS) is 17.0. The number of amides is 2. The molecule has 0 atom stereocenters. The van der Waals surface area contributed by atoms with Crippen LogP contribution >= 0.6 is 0 Å². The van der Waals surface area contributed by atoms with Crippen LogP contribution in [0.3, 0.4) is 0 Å². The van der Waals surface area contributed by atoms with Gasteiger partial charge in [0, 0.05) is 31.6 Å². The maximum atomic E-state index is 12.0. The minimum absolute atomic E-state index is 0.0673. The molecule has 2 amide bonds. The van der Waals surface area contributed by atoms with Crippen LogP contribution < -0.4 is 5.73 Å². The standard InChI is InChI=1S/C14H18N2O3/c1-19-6-5-16-13(17)8-11(9-14(16)18)10-3-2-4-12(15)7-10/h2-4,7,11H,5-6,8-9,15H2,1H3. The number of hydrogen-bond donors (Lipinski definition) is 1. The largest absolute Gasteiger partial charge is 0.399 e. The predicted octanol–water partition coefficient (Wildman–Crippen LogP) is 1.15. The summed E-state index contributed by atoms with van der Waals surface area (Å²) in [4.78, 5) is 25.3. The molecule has 1 aliphatic rings. The van der Waals surface area contributed by atoms with Crippen molar-refractivity contribution in [2.75, 3.05) is 26.0 Å². The van der Waals surface area contributed by atoms with Crippen LogP contribution in [-0.4, -0.2) is 37.0 Å². The monoisotopic (exact) mass is 262 g/mol. The highest BCUT2D eigenvalue weighted by molar-refractivity contribution is 5.98. The Hall–Kier alpha value is -1.88. The van der Waals surface area contributed by atoms with Crippen LogP contribution in [0.15, 0.2) is 24.3 Å². The van der Waals surface area contributed by atoms with Gasteiger partial charge in [-0.3, -0.25) is 14.5 Å². The molecular formula is C14H18N2O3. The van der Waals surface area contributed by atoms with Crippen molar-refractivity contribution >= 4 is 17.5 Å². The number of ether oxygens (including phenoxy) is 1. The Balaban J connectivity index is 2.09. The van der Waals surface area contributed by atoms with Gasteiger partial charge in [0.25, 0.3) is 0 Å². The molecule has 2 rings (SSSR count). The number of methoxy groups -OCH3 is 1. The van der Waals surface area contributed by atoms with Crippen molar-refractivity contribution in [1.82, 2.24) is 4.90 Å². The number of hydrogen-bond acceptors (Lipinski definition) is 4. The van der Waals surface area contributed by atoms with E-state index in [2.05, 4.69) is 0 Å². The lowest BCUT2D eigenvalue weighted by Crippen LogP contribution is -2.44. The van der Waals surface area contributed by atoms with E-state index < -0.39 is 0 Å². The van der Waals surface area contributed by atoms with E-state index in [1.807, 2.05) is 18.2 Å². The smallest absolute Gasteiger partial charge is 0.229 e. The predicted molar refractivity (Wildman–Crippen MR) is 71.4 cm³/mol. The van der Waals surface area contributed by atoms with Crippen molar-refractivity contribution < 1.29 is 14.3 Å². The van der Waals surface area contributed by atoms with Crippen LogP contribution in [-0.2, 0) is 14.3 Å². The average molecular weight is 262 g/mol. The average Bonchev–Trinajstić information content (AvgIpc) is 2.37. The number of rotatable bonds is 4. The van der Waals surface area contributed by atoms with E-state index >= 15 is 0 Å². The minimum atomic E-state index is -0.138. The number of piperidine rings is 1. The second-order valence-corrected chi connectivity index (χ2v) is 4.71. The maximum absolute atomic E-state index is 12.0. The first-order valence-electron chi connectivity index (χ1n) is 6.29. The molecule has 1 aromatic rings. The van der Waals surface area contributed by atoms with Crippen LogP contribution in [0.25, 0.3) is 0 Å². The SMILES string of the molecule is COCCN1C(=O)CC(c2cccc(N)c2)CC1=O. The summed E-state index contributed by atoms with van der Waals surface area (Å²) in [5, 5.41) is 0. The van der Waals surface area contributed by atoms with Gasteiger partial charge >= 0.3 is 0 Å². The van der Waals surface area contributed by atoms with E-state index in [-0.39, 0.29) is 17.7 Å². The molecule has 1 saturated heterocycles. The lowest BCUT2D eigenvalue weighted by molar-refractivity contribution is -0.149. The Labute approximate surface area is 112 Å². The molecule has 0 unspecified atom stereocenters. The summed E-state index contributed by atoms with van der Waals surface area (Å²) in [5.41, 5.74) is 7.33. The second-order valence-electron chi connectivity index (χ2n) is 4.71.